The Morgan fingerprint density at radius 2 is 2.33 bits per heavy atom. The average molecular weight is 172 g/mol. The van der Waals surface area contributed by atoms with Crippen LogP contribution in [0.1, 0.15) is 19.8 Å². The van der Waals surface area contributed by atoms with E-state index in [1.54, 1.807) is 6.08 Å². The zero-order valence-electron chi connectivity index (χ0n) is 7.71. The largest absolute Gasteiger partial charge is 0.469 e. The molecular formula is C9H16O3. The molecule has 0 rings (SSSR count). The van der Waals surface area contributed by atoms with E-state index in [1.807, 2.05) is 6.92 Å². The molecule has 0 amide bonds. The molecule has 0 spiro atoms. The molecule has 0 fully saturated rings. The molecule has 0 saturated heterocycles. The number of esters is 1. The maximum Gasteiger partial charge on any atom is 0.308 e. The molecule has 0 aromatic heterocycles. The molecule has 0 N–H and O–H groups in total. The van der Waals surface area contributed by atoms with Crippen LogP contribution in [0.2, 0.25) is 0 Å². The number of carbonyl (C=O) groups excluding carboxylic acids is 1. The van der Waals surface area contributed by atoms with Crippen LogP contribution in [0.5, 0.6) is 0 Å². The summed E-state index contributed by atoms with van der Waals surface area (Å²) in [6.07, 6.45) is 2.83. The number of carbonyl (C=O) groups is 1. The van der Waals surface area contributed by atoms with Crippen LogP contribution in [-0.4, -0.2) is 25.8 Å². The van der Waals surface area contributed by atoms with Crippen molar-refractivity contribution in [3.8, 4) is 0 Å². The van der Waals surface area contributed by atoms with E-state index >= 15 is 0 Å². The van der Waals surface area contributed by atoms with E-state index in [1.165, 1.54) is 7.11 Å². The molecule has 1 unspecified atom stereocenters. The average Bonchev–Trinajstić information content (AvgIpc) is 2.05. The van der Waals surface area contributed by atoms with Gasteiger partial charge in [0.15, 0.2) is 0 Å². The van der Waals surface area contributed by atoms with Crippen molar-refractivity contribution in [1.29, 1.82) is 0 Å². The van der Waals surface area contributed by atoms with E-state index in [-0.39, 0.29) is 12.1 Å². The summed E-state index contributed by atoms with van der Waals surface area (Å²) in [5.41, 5.74) is 0. The van der Waals surface area contributed by atoms with Gasteiger partial charge in [0.05, 0.1) is 26.2 Å². The summed E-state index contributed by atoms with van der Waals surface area (Å²) in [6, 6.07) is 0. The lowest BCUT2D eigenvalue weighted by Crippen LogP contribution is -2.15. The molecule has 0 aliphatic rings. The molecule has 3 heteroatoms. The van der Waals surface area contributed by atoms with E-state index in [9.17, 15) is 4.79 Å². The maximum atomic E-state index is 10.7. The van der Waals surface area contributed by atoms with Crippen LogP contribution >= 0.6 is 0 Å². The zero-order valence-corrected chi connectivity index (χ0v) is 7.71. The molecule has 3 nitrogen and oxygen atoms in total. The van der Waals surface area contributed by atoms with Gasteiger partial charge in [-0.25, -0.2) is 0 Å². The van der Waals surface area contributed by atoms with Crippen molar-refractivity contribution in [2.24, 2.45) is 0 Å². The van der Waals surface area contributed by atoms with Crippen molar-refractivity contribution in [3.63, 3.8) is 0 Å². The minimum absolute atomic E-state index is 0.0719. The van der Waals surface area contributed by atoms with Gasteiger partial charge in [-0.15, -0.1) is 6.58 Å². The van der Waals surface area contributed by atoms with Crippen molar-refractivity contribution in [3.05, 3.63) is 12.7 Å². The summed E-state index contributed by atoms with van der Waals surface area (Å²) in [7, 11) is 1.37. The second kappa shape index (κ2) is 6.85. The third-order valence-corrected chi connectivity index (χ3v) is 1.41. The monoisotopic (exact) mass is 172 g/mol. The van der Waals surface area contributed by atoms with E-state index < -0.39 is 0 Å². The fraction of sp³-hybridized carbons (Fsp3) is 0.667. The molecule has 70 valence electrons. The Hall–Kier alpha value is -0.830. The van der Waals surface area contributed by atoms with Gasteiger partial charge in [-0.05, 0) is 13.3 Å². The molecule has 0 radical (unpaired) electrons. The maximum absolute atomic E-state index is 10.7. The lowest BCUT2D eigenvalue weighted by molar-refractivity contribution is -0.143. The van der Waals surface area contributed by atoms with Gasteiger partial charge in [0.1, 0.15) is 0 Å². The minimum Gasteiger partial charge on any atom is -0.469 e. The summed E-state index contributed by atoms with van der Waals surface area (Å²) in [5.74, 6) is -0.235. The van der Waals surface area contributed by atoms with E-state index in [4.69, 9.17) is 4.74 Å². The fourth-order valence-electron chi connectivity index (χ4n) is 0.730. The number of ether oxygens (including phenoxy) is 2. The highest BCUT2D eigenvalue weighted by Crippen LogP contribution is 1.99. The molecule has 0 aliphatic heterocycles. The van der Waals surface area contributed by atoms with Crippen LogP contribution in [0.3, 0.4) is 0 Å². The predicted octanol–water partition coefficient (Wildman–Crippen LogP) is 1.53. The summed E-state index contributed by atoms with van der Waals surface area (Å²) >= 11 is 0. The van der Waals surface area contributed by atoms with E-state index in [0.717, 1.165) is 6.42 Å². The molecular weight excluding hydrogens is 156 g/mol. The molecule has 0 aliphatic carbocycles. The molecule has 1 atom stereocenters. The van der Waals surface area contributed by atoms with Gasteiger partial charge in [0, 0.05) is 0 Å². The first-order valence-electron chi connectivity index (χ1n) is 4.00. The first-order chi connectivity index (χ1) is 5.70. The van der Waals surface area contributed by atoms with E-state index in [2.05, 4.69) is 11.3 Å². The number of hydrogen-bond acceptors (Lipinski definition) is 3. The lowest BCUT2D eigenvalue weighted by atomic mass is 10.3. The molecule has 0 aromatic rings. The summed E-state index contributed by atoms with van der Waals surface area (Å²) < 4.78 is 9.77. The van der Waals surface area contributed by atoms with Crippen molar-refractivity contribution in [1.82, 2.24) is 0 Å². The Kier molecular flexibility index (Phi) is 6.38. The molecule has 0 saturated carbocycles. The first-order valence-corrected chi connectivity index (χ1v) is 4.00. The Morgan fingerprint density at radius 1 is 1.67 bits per heavy atom. The quantitative estimate of drug-likeness (QED) is 0.346. The van der Waals surface area contributed by atoms with Crippen LogP contribution in [0.4, 0.5) is 0 Å². The van der Waals surface area contributed by atoms with Gasteiger partial charge in [0.25, 0.3) is 0 Å². The second-order valence-electron chi connectivity index (χ2n) is 2.54. The highest BCUT2D eigenvalue weighted by Gasteiger charge is 2.08. The number of methoxy groups -OCH3 is 1. The minimum atomic E-state index is -0.235. The van der Waals surface area contributed by atoms with Crippen molar-refractivity contribution in [2.75, 3.05) is 13.7 Å². The highest BCUT2D eigenvalue weighted by atomic mass is 16.5. The van der Waals surface area contributed by atoms with Crippen molar-refractivity contribution < 1.29 is 14.3 Å². The van der Waals surface area contributed by atoms with Gasteiger partial charge in [-0.2, -0.15) is 0 Å². The second-order valence-corrected chi connectivity index (χ2v) is 2.54. The number of hydrogen-bond donors (Lipinski definition) is 0. The topological polar surface area (TPSA) is 35.5 Å². The Morgan fingerprint density at radius 3 is 2.83 bits per heavy atom. The van der Waals surface area contributed by atoms with Crippen LogP contribution in [0.25, 0.3) is 0 Å². The van der Waals surface area contributed by atoms with Gasteiger partial charge >= 0.3 is 5.97 Å². The van der Waals surface area contributed by atoms with Crippen LogP contribution in [-0.2, 0) is 14.3 Å². The molecule has 0 bridgehead atoms. The van der Waals surface area contributed by atoms with Crippen molar-refractivity contribution in [2.45, 2.75) is 25.9 Å². The Bertz CT molecular complexity index is 143. The summed E-state index contributed by atoms with van der Waals surface area (Å²) in [4.78, 5) is 10.7. The van der Waals surface area contributed by atoms with Gasteiger partial charge in [0.2, 0.25) is 0 Å². The summed E-state index contributed by atoms with van der Waals surface area (Å²) in [6.45, 7) is 6.02. The third-order valence-electron chi connectivity index (χ3n) is 1.41. The SMILES string of the molecule is C=CCCOC(C)CC(=O)OC. The smallest absolute Gasteiger partial charge is 0.308 e. The normalized spacial score (nSPS) is 12.2. The fourth-order valence-corrected chi connectivity index (χ4v) is 0.730. The predicted molar refractivity (Wildman–Crippen MR) is 46.9 cm³/mol. The molecule has 0 heterocycles. The van der Waals surface area contributed by atoms with Gasteiger partial charge < -0.3 is 9.47 Å². The Balaban J connectivity index is 3.38. The number of rotatable bonds is 6. The zero-order chi connectivity index (χ0) is 9.40. The standard InChI is InChI=1S/C9H16O3/c1-4-5-6-12-8(2)7-9(10)11-3/h4,8H,1,5-7H2,2-3H3. The Labute approximate surface area is 73.4 Å². The van der Waals surface area contributed by atoms with Gasteiger partial charge in [-0.1, -0.05) is 6.08 Å². The molecule has 0 aromatic carbocycles. The highest BCUT2D eigenvalue weighted by molar-refractivity contribution is 5.69. The van der Waals surface area contributed by atoms with Crippen LogP contribution in [0.15, 0.2) is 12.7 Å². The van der Waals surface area contributed by atoms with Gasteiger partial charge in [-0.3, -0.25) is 4.79 Å². The third kappa shape index (κ3) is 5.92. The van der Waals surface area contributed by atoms with E-state index in [0.29, 0.717) is 13.0 Å². The molecule has 12 heavy (non-hydrogen) atoms. The van der Waals surface area contributed by atoms with Crippen LogP contribution < -0.4 is 0 Å². The van der Waals surface area contributed by atoms with Crippen molar-refractivity contribution >= 4 is 5.97 Å². The first kappa shape index (κ1) is 11.2. The van der Waals surface area contributed by atoms with Crippen LogP contribution in [0, 0.1) is 0 Å². The lowest BCUT2D eigenvalue weighted by Gasteiger charge is -2.10. The summed E-state index contributed by atoms with van der Waals surface area (Å²) in [5, 5.41) is 0.